The number of fused-ring (bicyclic) bond motifs is 1. The predicted molar refractivity (Wildman–Crippen MR) is 81.9 cm³/mol. The number of aromatic nitrogens is 2. The maximum absolute atomic E-state index is 12.4. The number of carbonyl (C=O) groups is 2. The zero-order valence-electron chi connectivity index (χ0n) is 13.3. The number of nitrogens with one attached hydrogen (secondary N) is 1. The molecule has 2 amide bonds. The summed E-state index contributed by atoms with van der Waals surface area (Å²) in [7, 11) is 0. The van der Waals surface area contributed by atoms with Gasteiger partial charge < -0.3 is 10.2 Å². The minimum absolute atomic E-state index is 0.0196. The predicted octanol–water partition coefficient (Wildman–Crippen LogP) is 1.48. The quantitative estimate of drug-likeness (QED) is 0.896. The van der Waals surface area contributed by atoms with Crippen molar-refractivity contribution in [2.45, 2.75) is 58.2 Å². The number of hydrogen-bond donors (Lipinski definition) is 1. The van der Waals surface area contributed by atoms with Crippen LogP contribution in [-0.4, -0.2) is 39.1 Å². The van der Waals surface area contributed by atoms with Gasteiger partial charge in [0.15, 0.2) is 0 Å². The Morgan fingerprint density at radius 1 is 1.41 bits per heavy atom. The van der Waals surface area contributed by atoms with Gasteiger partial charge in [-0.3, -0.25) is 14.3 Å². The molecule has 22 heavy (non-hydrogen) atoms. The molecule has 1 atom stereocenters. The molecule has 1 aliphatic carbocycles. The molecule has 1 aromatic rings. The minimum atomic E-state index is -0.401. The van der Waals surface area contributed by atoms with Crippen molar-refractivity contribution in [2.24, 2.45) is 5.92 Å². The van der Waals surface area contributed by atoms with Gasteiger partial charge in [-0.2, -0.15) is 5.10 Å². The first-order chi connectivity index (χ1) is 10.5. The molecule has 3 rings (SSSR count). The Morgan fingerprint density at radius 3 is 2.86 bits per heavy atom. The lowest BCUT2D eigenvalue weighted by atomic mass is 10.1. The molecule has 0 aromatic carbocycles. The Kier molecular flexibility index (Phi) is 4.18. The van der Waals surface area contributed by atoms with Gasteiger partial charge in [-0.05, 0) is 31.2 Å². The lowest BCUT2D eigenvalue weighted by molar-refractivity contribution is -0.135. The summed E-state index contributed by atoms with van der Waals surface area (Å²) in [6.07, 6.45) is 5.24. The molecular formula is C16H24N4O2. The van der Waals surface area contributed by atoms with Gasteiger partial charge in [0, 0.05) is 18.7 Å². The third-order valence-electron chi connectivity index (χ3n) is 4.31. The van der Waals surface area contributed by atoms with Crippen LogP contribution in [0.25, 0.3) is 0 Å². The Hall–Kier alpha value is -1.85. The fourth-order valence-electron chi connectivity index (χ4n) is 2.77. The van der Waals surface area contributed by atoms with Crippen molar-refractivity contribution in [1.82, 2.24) is 20.0 Å². The summed E-state index contributed by atoms with van der Waals surface area (Å²) >= 11 is 0. The van der Waals surface area contributed by atoms with Crippen molar-refractivity contribution in [3.05, 3.63) is 18.0 Å². The van der Waals surface area contributed by atoms with E-state index in [1.165, 1.54) is 0 Å². The van der Waals surface area contributed by atoms with Crippen LogP contribution in [0.15, 0.2) is 12.3 Å². The minimum Gasteiger partial charge on any atom is -0.351 e. The zero-order valence-corrected chi connectivity index (χ0v) is 13.3. The summed E-state index contributed by atoms with van der Waals surface area (Å²) in [5.41, 5.74) is 0.931. The molecule has 2 aliphatic rings. The van der Waals surface area contributed by atoms with Gasteiger partial charge in [0.2, 0.25) is 11.8 Å². The van der Waals surface area contributed by atoms with Crippen LogP contribution < -0.4 is 5.32 Å². The second kappa shape index (κ2) is 6.10. The highest BCUT2D eigenvalue weighted by molar-refractivity contribution is 5.83. The molecule has 2 heterocycles. The fraction of sp³-hybridized carbons (Fsp3) is 0.688. The van der Waals surface area contributed by atoms with Gasteiger partial charge in [0.1, 0.15) is 6.04 Å². The van der Waals surface area contributed by atoms with Crippen LogP contribution in [-0.2, 0) is 16.1 Å². The summed E-state index contributed by atoms with van der Waals surface area (Å²) in [5, 5.41) is 7.30. The molecule has 6 heteroatoms. The summed E-state index contributed by atoms with van der Waals surface area (Å²) in [5.74, 6) is 0.618. The van der Waals surface area contributed by atoms with Crippen LogP contribution in [0.3, 0.4) is 0 Å². The molecule has 0 radical (unpaired) electrons. The number of carbonyl (C=O) groups excluding carboxylic acids is 2. The largest absolute Gasteiger partial charge is 0.351 e. The van der Waals surface area contributed by atoms with Crippen LogP contribution in [0, 0.1) is 5.92 Å². The Morgan fingerprint density at radius 2 is 2.18 bits per heavy atom. The molecule has 0 bridgehead atoms. The Bertz CT molecular complexity index is 562. The number of nitrogens with zero attached hydrogens (tertiary/aromatic N) is 3. The monoisotopic (exact) mass is 304 g/mol. The first-order valence-corrected chi connectivity index (χ1v) is 8.15. The van der Waals surface area contributed by atoms with Crippen LogP contribution in [0.4, 0.5) is 0 Å². The van der Waals surface area contributed by atoms with Crippen LogP contribution >= 0.6 is 0 Å². The summed E-state index contributed by atoms with van der Waals surface area (Å²) in [4.78, 5) is 26.6. The summed E-state index contributed by atoms with van der Waals surface area (Å²) in [6, 6.07) is 1.81. The lowest BCUT2D eigenvalue weighted by Gasteiger charge is -2.33. The molecule has 1 aromatic heterocycles. The molecule has 0 saturated heterocycles. The smallest absolute Gasteiger partial charge is 0.246 e. The zero-order chi connectivity index (χ0) is 15.7. The standard InChI is InChI=1S/C16H24N4O2/c1-11(2)3-6-15(21)19-9-13-7-8-17-20(13)14(10-19)16(22)18-12-4-5-12/h7-8,11-12,14H,3-6,9-10H2,1-2H3,(H,18,22)/t14-/m1/s1. The molecule has 1 aliphatic heterocycles. The first kappa shape index (κ1) is 15.1. The Balaban J connectivity index is 1.70. The Labute approximate surface area is 130 Å². The average Bonchev–Trinajstić information content (AvgIpc) is 3.16. The third kappa shape index (κ3) is 3.31. The normalized spacial score (nSPS) is 20.9. The van der Waals surface area contributed by atoms with Gasteiger partial charge in [-0.25, -0.2) is 0 Å². The van der Waals surface area contributed by atoms with E-state index in [4.69, 9.17) is 0 Å². The molecule has 1 fully saturated rings. The molecule has 0 spiro atoms. The van der Waals surface area contributed by atoms with Crippen molar-refractivity contribution >= 4 is 11.8 Å². The average molecular weight is 304 g/mol. The van der Waals surface area contributed by atoms with E-state index in [9.17, 15) is 9.59 Å². The van der Waals surface area contributed by atoms with Crippen LogP contribution in [0.1, 0.15) is 51.3 Å². The molecule has 120 valence electrons. The maximum Gasteiger partial charge on any atom is 0.246 e. The van der Waals surface area contributed by atoms with E-state index in [0.717, 1.165) is 25.0 Å². The van der Waals surface area contributed by atoms with Crippen molar-refractivity contribution < 1.29 is 9.59 Å². The van der Waals surface area contributed by atoms with Crippen molar-refractivity contribution in [2.75, 3.05) is 6.54 Å². The first-order valence-electron chi connectivity index (χ1n) is 8.15. The van der Waals surface area contributed by atoms with E-state index in [-0.39, 0.29) is 11.8 Å². The van der Waals surface area contributed by atoms with Gasteiger partial charge in [0.25, 0.3) is 0 Å². The lowest BCUT2D eigenvalue weighted by Crippen LogP contribution is -2.47. The second-order valence-electron chi connectivity index (χ2n) is 6.77. The second-order valence-corrected chi connectivity index (χ2v) is 6.77. The van der Waals surface area contributed by atoms with Crippen molar-refractivity contribution in [3.63, 3.8) is 0 Å². The van der Waals surface area contributed by atoms with E-state index in [1.807, 2.05) is 6.07 Å². The molecule has 1 saturated carbocycles. The molecule has 1 N–H and O–H groups in total. The van der Waals surface area contributed by atoms with Gasteiger partial charge in [-0.15, -0.1) is 0 Å². The highest BCUT2D eigenvalue weighted by Crippen LogP contribution is 2.24. The summed E-state index contributed by atoms with van der Waals surface area (Å²) in [6.45, 7) is 5.20. The van der Waals surface area contributed by atoms with Gasteiger partial charge in [-0.1, -0.05) is 13.8 Å². The van der Waals surface area contributed by atoms with E-state index in [1.54, 1.807) is 15.8 Å². The van der Waals surface area contributed by atoms with Crippen molar-refractivity contribution in [1.29, 1.82) is 0 Å². The van der Waals surface area contributed by atoms with Crippen LogP contribution in [0.2, 0.25) is 0 Å². The topological polar surface area (TPSA) is 67.2 Å². The molecular weight excluding hydrogens is 280 g/mol. The summed E-state index contributed by atoms with van der Waals surface area (Å²) < 4.78 is 1.77. The van der Waals surface area contributed by atoms with Gasteiger partial charge in [0.05, 0.1) is 18.8 Å². The van der Waals surface area contributed by atoms with E-state index >= 15 is 0 Å². The number of rotatable bonds is 5. The van der Waals surface area contributed by atoms with E-state index < -0.39 is 6.04 Å². The van der Waals surface area contributed by atoms with E-state index in [2.05, 4.69) is 24.3 Å². The molecule has 0 unspecified atom stereocenters. The SMILES string of the molecule is CC(C)CCC(=O)N1Cc2ccnn2[C@@H](C(=O)NC2CC2)C1. The van der Waals surface area contributed by atoms with Crippen LogP contribution in [0.5, 0.6) is 0 Å². The van der Waals surface area contributed by atoms with Gasteiger partial charge >= 0.3 is 0 Å². The molecule has 6 nitrogen and oxygen atoms in total. The van der Waals surface area contributed by atoms with E-state index in [0.29, 0.717) is 31.5 Å². The highest BCUT2D eigenvalue weighted by Gasteiger charge is 2.35. The number of amides is 2. The van der Waals surface area contributed by atoms with Crippen molar-refractivity contribution in [3.8, 4) is 0 Å². The number of hydrogen-bond acceptors (Lipinski definition) is 3. The highest BCUT2D eigenvalue weighted by atomic mass is 16.2. The third-order valence-corrected chi connectivity index (χ3v) is 4.31. The fourth-order valence-corrected chi connectivity index (χ4v) is 2.77. The maximum atomic E-state index is 12.4.